The van der Waals surface area contributed by atoms with Crippen molar-refractivity contribution in [3.05, 3.63) is 69.3 Å². The summed E-state index contributed by atoms with van der Waals surface area (Å²) >= 11 is 0. The molecule has 0 atom stereocenters. The minimum absolute atomic E-state index is 0.139. The maximum absolute atomic E-state index is 12.1. The normalized spacial score (nSPS) is 10.5. The summed E-state index contributed by atoms with van der Waals surface area (Å²) in [6.45, 7) is 3.26. The van der Waals surface area contributed by atoms with Gasteiger partial charge in [-0.2, -0.15) is 0 Å². The number of aryl methyl sites for hydroxylation is 2. The number of hydrazine groups is 1. The Morgan fingerprint density at radius 2 is 1.35 bits per heavy atom. The molecule has 0 saturated carbocycles. The van der Waals surface area contributed by atoms with Gasteiger partial charge in [0.1, 0.15) is 13.1 Å². The van der Waals surface area contributed by atoms with Crippen LogP contribution in [0.15, 0.2) is 47.0 Å². The molecule has 0 fully saturated rings. The molecule has 0 spiro atoms. The van der Waals surface area contributed by atoms with Crippen molar-refractivity contribution in [2.75, 3.05) is 7.11 Å². The highest BCUT2D eigenvalue weighted by Crippen LogP contribution is 2.09. The number of pyridine rings is 2. The highest BCUT2D eigenvalue weighted by molar-refractivity contribution is 5.81. The Morgan fingerprint density at radius 1 is 0.882 bits per heavy atom. The van der Waals surface area contributed by atoms with Crippen LogP contribution in [0.5, 0.6) is 0 Å². The third-order valence-corrected chi connectivity index (χ3v) is 4.85. The highest BCUT2D eigenvalue weighted by Gasteiger charge is 2.10. The van der Waals surface area contributed by atoms with Gasteiger partial charge >= 0.3 is 5.97 Å². The minimum atomic E-state index is -0.486. The molecule has 0 radical (unpaired) electrons. The molecule has 13 heteroatoms. The number of hydrogen-bond acceptors (Lipinski definition) is 10. The molecule has 4 aromatic rings. The number of amides is 1. The van der Waals surface area contributed by atoms with Gasteiger partial charge in [-0.15, -0.1) is 0 Å². The maximum atomic E-state index is 12.1. The van der Waals surface area contributed by atoms with Crippen molar-refractivity contribution in [1.29, 1.82) is 0 Å². The number of ether oxygens (including phenoxy) is 1. The molecule has 0 aliphatic carbocycles. The number of nitrogens with one attached hydrogen (secondary N) is 1. The van der Waals surface area contributed by atoms with Crippen LogP contribution >= 0.6 is 0 Å². The van der Waals surface area contributed by atoms with Crippen LogP contribution in [0.3, 0.4) is 0 Å². The second-order valence-electron chi connectivity index (χ2n) is 7.20. The molecular formula is C21H22N8O5. The van der Waals surface area contributed by atoms with Gasteiger partial charge in [0, 0.05) is 12.4 Å². The third kappa shape index (κ3) is 5.10. The van der Waals surface area contributed by atoms with E-state index in [1.807, 2.05) is 5.43 Å². The minimum Gasteiger partial charge on any atom is -0.468 e. The average Bonchev–Trinajstić information content (AvgIpc) is 2.83. The quantitative estimate of drug-likeness (QED) is 0.170. The fraction of sp³-hybridized carbons (Fsp3) is 0.238. The van der Waals surface area contributed by atoms with Gasteiger partial charge in [0.2, 0.25) is 0 Å². The summed E-state index contributed by atoms with van der Waals surface area (Å²) < 4.78 is 6.94. The van der Waals surface area contributed by atoms with E-state index in [4.69, 9.17) is 5.84 Å². The first kappa shape index (κ1) is 24.1. The van der Waals surface area contributed by atoms with Crippen LogP contribution < -0.4 is 22.4 Å². The molecule has 0 aliphatic rings. The summed E-state index contributed by atoms with van der Waals surface area (Å²) in [7, 11) is 1.27. The van der Waals surface area contributed by atoms with Crippen molar-refractivity contribution < 1.29 is 14.3 Å². The molecule has 176 valence electrons. The standard InChI is InChI=1S/C11H11N3O3.C10H11N5O2/c1-7-3-12-4-8-10(7)11(16)14(6-13-8)5-9(15)17-2;1-6-2-12-3-7-9(6)10(17)15(5-13-7)4-8(16)14-11/h3-4,6H,5H2,1-2H3;2-3,5H,4,11H2,1H3,(H,14,16). The predicted molar refractivity (Wildman–Crippen MR) is 121 cm³/mol. The molecule has 0 aromatic carbocycles. The zero-order chi connectivity index (χ0) is 24.8. The first-order valence-electron chi connectivity index (χ1n) is 9.92. The maximum Gasteiger partial charge on any atom is 0.325 e. The molecular weight excluding hydrogens is 444 g/mol. The summed E-state index contributed by atoms with van der Waals surface area (Å²) in [4.78, 5) is 62.5. The summed E-state index contributed by atoms with van der Waals surface area (Å²) in [5, 5.41) is 0.943. The topological polar surface area (TPSA) is 177 Å². The summed E-state index contributed by atoms with van der Waals surface area (Å²) in [5.41, 5.74) is 3.92. The van der Waals surface area contributed by atoms with Gasteiger partial charge in [0.25, 0.3) is 17.0 Å². The van der Waals surface area contributed by atoms with Gasteiger partial charge < -0.3 is 4.74 Å². The van der Waals surface area contributed by atoms with Crippen LogP contribution in [-0.2, 0) is 27.4 Å². The van der Waals surface area contributed by atoms with Crippen LogP contribution in [0.2, 0.25) is 0 Å². The van der Waals surface area contributed by atoms with E-state index in [-0.39, 0.29) is 24.2 Å². The predicted octanol–water partition coefficient (Wildman–Crippen LogP) is -0.637. The van der Waals surface area contributed by atoms with E-state index in [1.54, 1.807) is 26.2 Å². The Labute approximate surface area is 192 Å². The fourth-order valence-corrected chi connectivity index (χ4v) is 3.14. The molecule has 0 saturated heterocycles. The zero-order valence-electron chi connectivity index (χ0n) is 18.7. The third-order valence-electron chi connectivity index (χ3n) is 4.85. The first-order valence-corrected chi connectivity index (χ1v) is 9.92. The number of hydrogen-bond donors (Lipinski definition) is 2. The van der Waals surface area contributed by atoms with Crippen LogP contribution in [0.1, 0.15) is 11.1 Å². The van der Waals surface area contributed by atoms with Crippen molar-refractivity contribution in [3.8, 4) is 0 Å². The number of carbonyl (C=O) groups is 2. The van der Waals surface area contributed by atoms with Gasteiger partial charge in [-0.3, -0.25) is 43.7 Å². The molecule has 0 bridgehead atoms. The zero-order valence-corrected chi connectivity index (χ0v) is 18.7. The Hall–Kier alpha value is -4.52. The molecule has 4 heterocycles. The van der Waals surface area contributed by atoms with E-state index in [9.17, 15) is 19.2 Å². The van der Waals surface area contributed by atoms with Gasteiger partial charge in [0.15, 0.2) is 0 Å². The number of nitrogens with two attached hydrogens (primary N) is 1. The highest BCUT2D eigenvalue weighted by atomic mass is 16.5. The average molecular weight is 466 g/mol. The van der Waals surface area contributed by atoms with Crippen molar-refractivity contribution in [2.24, 2.45) is 5.84 Å². The van der Waals surface area contributed by atoms with E-state index in [0.717, 1.165) is 11.1 Å². The molecule has 34 heavy (non-hydrogen) atoms. The lowest BCUT2D eigenvalue weighted by atomic mass is 10.2. The molecule has 1 amide bonds. The molecule has 4 rings (SSSR count). The van der Waals surface area contributed by atoms with Crippen molar-refractivity contribution in [2.45, 2.75) is 26.9 Å². The number of fused-ring (bicyclic) bond motifs is 2. The lowest BCUT2D eigenvalue weighted by molar-refractivity contribution is -0.141. The molecule has 4 aromatic heterocycles. The van der Waals surface area contributed by atoms with Crippen LogP contribution in [0.25, 0.3) is 21.8 Å². The Bertz CT molecular complexity index is 1380. The van der Waals surface area contributed by atoms with E-state index in [1.165, 1.54) is 41.3 Å². The Morgan fingerprint density at radius 3 is 1.79 bits per heavy atom. The number of aromatic nitrogens is 6. The smallest absolute Gasteiger partial charge is 0.325 e. The largest absolute Gasteiger partial charge is 0.468 e. The number of rotatable bonds is 4. The van der Waals surface area contributed by atoms with Crippen molar-refractivity contribution in [1.82, 2.24) is 34.5 Å². The second-order valence-corrected chi connectivity index (χ2v) is 7.20. The number of carbonyl (C=O) groups excluding carboxylic acids is 2. The second kappa shape index (κ2) is 10.4. The van der Waals surface area contributed by atoms with E-state index < -0.39 is 11.9 Å². The number of methoxy groups -OCH3 is 1. The molecule has 13 nitrogen and oxygen atoms in total. The first-order chi connectivity index (χ1) is 16.3. The summed E-state index contributed by atoms with van der Waals surface area (Å²) in [6.07, 6.45) is 8.83. The van der Waals surface area contributed by atoms with E-state index in [2.05, 4.69) is 24.7 Å². The fourth-order valence-electron chi connectivity index (χ4n) is 3.14. The van der Waals surface area contributed by atoms with Crippen LogP contribution in [0.4, 0.5) is 0 Å². The van der Waals surface area contributed by atoms with Gasteiger partial charge in [-0.05, 0) is 25.0 Å². The summed E-state index contributed by atoms with van der Waals surface area (Å²) in [5.74, 6) is 4.02. The van der Waals surface area contributed by atoms with E-state index >= 15 is 0 Å². The Balaban J connectivity index is 0.000000191. The lowest BCUT2D eigenvalue weighted by Gasteiger charge is -2.06. The van der Waals surface area contributed by atoms with Crippen LogP contribution in [0, 0.1) is 13.8 Å². The lowest BCUT2D eigenvalue weighted by Crippen LogP contribution is -2.36. The van der Waals surface area contributed by atoms with Gasteiger partial charge in [-0.25, -0.2) is 15.8 Å². The Kier molecular flexibility index (Phi) is 7.38. The number of esters is 1. The van der Waals surface area contributed by atoms with Gasteiger partial charge in [0.05, 0.1) is 54.0 Å². The molecule has 0 unspecified atom stereocenters. The SMILES string of the molecule is COC(=O)Cn1cnc2cncc(C)c2c1=O.Cc1cncc2ncn(CC(=O)NN)c(=O)c12. The number of nitrogens with zero attached hydrogens (tertiary/aromatic N) is 6. The monoisotopic (exact) mass is 466 g/mol. The summed E-state index contributed by atoms with van der Waals surface area (Å²) in [6, 6.07) is 0. The van der Waals surface area contributed by atoms with E-state index in [0.29, 0.717) is 21.8 Å². The molecule has 0 aliphatic heterocycles. The van der Waals surface area contributed by atoms with Crippen molar-refractivity contribution in [3.63, 3.8) is 0 Å². The molecule has 3 N–H and O–H groups in total. The van der Waals surface area contributed by atoms with Crippen molar-refractivity contribution >= 4 is 33.7 Å². The van der Waals surface area contributed by atoms with Gasteiger partial charge in [-0.1, -0.05) is 0 Å². The van der Waals surface area contributed by atoms with Crippen LogP contribution in [-0.4, -0.2) is 48.1 Å².